The molecule has 1 aromatic carbocycles. The highest BCUT2D eigenvalue weighted by atomic mass is 32.2. The number of nitrogens with one attached hydrogen (secondary N) is 1. The van der Waals surface area contributed by atoms with Crippen molar-refractivity contribution in [2.75, 3.05) is 11.1 Å². The van der Waals surface area contributed by atoms with Crippen molar-refractivity contribution in [2.24, 2.45) is 0 Å². The fourth-order valence-corrected chi connectivity index (χ4v) is 3.88. The van der Waals surface area contributed by atoms with Crippen LogP contribution in [0.25, 0.3) is 11.0 Å². The molecule has 1 amide bonds. The lowest BCUT2D eigenvalue weighted by Crippen LogP contribution is -2.14. The van der Waals surface area contributed by atoms with E-state index < -0.39 is 0 Å². The van der Waals surface area contributed by atoms with Gasteiger partial charge >= 0.3 is 0 Å². The Hall–Kier alpha value is -3.07. The van der Waals surface area contributed by atoms with E-state index in [2.05, 4.69) is 10.3 Å². The molecule has 0 radical (unpaired) electrons. The molecule has 0 aliphatic carbocycles. The molecule has 0 saturated carbocycles. The van der Waals surface area contributed by atoms with E-state index in [1.165, 1.54) is 29.2 Å². The number of hydrogen-bond donors (Lipinski definition) is 1. The Morgan fingerprint density at radius 1 is 1.42 bits per heavy atom. The Kier molecular flexibility index (Phi) is 5.37. The van der Waals surface area contributed by atoms with Gasteiger partial charge in [-0.3, -0.25) is 9.20 Å². The third-order valence-electron chi connectivity index (χ3n) is 3.43. The molecule has 0 aliphatic heterocycles. The highest BCUT2D eigenvalue weighted by molar-refractivity contribution is 8.00. The number of carbonyl (C=O) groups excluding carboxylic acids is 1. The molecular formula is C18H13N5OS2. The van der Waals surface area contributed by atoms with E-state index in [1.54, 1.807) is 4.40 Å². The molecule has 3 rings (SSSR count). The Morgan fingerprint density at radius 2 is 2.23 bits per heavy atom. The molecule has 0 aliphatic rings. The highest BCUT2D eigenvalue weighted by Crippen LogP contribution is 2.28. The van der Waals surface area contributed by atoms with Gasteiger partial charge in [-0.15, -0.1) is 11.3 Å². The zero-order chi connectivity index (χ0) is 18.5. The first kappa shape index (κ1) is 17.7. The molecule has 0 atom stereocenters. The number of hydrogen-bond acceptors (Lipinski definition) is 6. The molecule has 0 bridgehead atoms. The molecule has 0 saturated heterocycles. The van der Waals surface area contributed by atoms with Crippen molar-refractivity contribution in [1.82, 2.24) is 9.38 Å². The van der Waals surface area contributed by atoms with Crippen molar-refractivity contribution in [2.45, 2.75) is 11.9 Å². The number of nitriles is 2. The molecule has 6 nitrogen and oxygen atoms in total. The Morgan fingerprint density at radius 3 is 2.96 bits per heavy atom. The molecular weight excluding hydrogens is 366 g/mol. The summed E-state index contributed by atoms with van der Waals surface area (Å²) in [6.07, 6.45) is 3.32. The smallest absolute Gasteiger partial charge is 0.234 e. The molecule has 2 aromatic heterocycles. The molecule has 3 aromatic rings. The maximum atomic E-state index is 12.2. The molecule has 0 spiro atoms. The van der Waals surface area contributed by atoms with Crippen LogP contribution in [0.3, 0.4) is 0 Å². The lowest BCUT2D eigenvalue weighted by Gasteiger charge is -2.05. The summed E-state index contributed by atoms with van der Waals surface area (Å²) in [6.45, 7) is 1.96. The van der Waals surface area contributed by atoms with Crippen molar-refractivity contribution < 1.29 is 4.79 Å². The molecule has 0 unspecified atom stereocenters. The second-order valence-corrected chi connectivity index (χ2v) is 7.18. The lowest BCUT2D eigenvalue weighted by atomic mass is 10.2. The van der Waals surface area contributed by atoms with Crippen LogP contribution in [0.15, 0.2) is 46.4 Å². The van der Waals surface area contributed by atoms with E-state index in [0.29, 0.717) is 10.7 Å². The summed E-state index contributed by atoms with van der Waals surface area (Å²) in [7, 11) is 0. The number of allylic oxidation sites excluding steroid dienone is 1. The van der Waals surface area contributed by atoms with Crippen LogP contribution in [0.2, 0.25) is 0 Å². The number of thioether (sulfide) groups is 1. The van der Waals surface area contributed by atoms with Crippen LogP contribution in [0.1, 0.15) is 11.3 Å². The van der Waals surface area contributed by atoms with Crippen molar-refractivity contribution in [3.63, 3.8) is 0 Å². The molecule has 0 fully saturated rings. The summed E-state index contributed by atoms with van der Waals surface area (Å²) in [5.41, 5.74) is 2.44. The van der Waals surface area contributed by atoms with Crippen LogP contribution in [0, 0.1) is 29.6 Å². The lowest BCUT2D eigenvalue weighted by molar-refractivity contribution is -0.113. The maximum Gasteiger partial charge on any atom is 0.234 e. The van der Waals surface area contributed by atoms with Crippen LogP contribution >= 0.6 is 23.1 Å². The zero-order valence-corrected chi connectivity index (χ0v) is 15.4. The monoisotopic (exact) mass is 379 g/mol. The first-order valence-corrected chi connectivity index (χ1v) is 9.44. The number of aryl methyl sites for hydroxylation is 1. The highest BCUT2D eigenvalue weighted by Gasteiger charge is 2.14. The predicted octanol–water partition coefficient (Wildman–Crippen LogP) is 3.87. The summed E-state index contributed by atoms with van der Waals surface area (Å²) in [6, 6.07) is 11.3. The first-order chi connectivity index (χ1) is 12.6. The molecule has 8 heteroatoms. The second-order valence-electron chi connectivity index (χ2n) is 5.35. The number of carbonyl (C=O) groups is 1. The van der Waals surface area contributed by atoms with Crippen molar-refractivity contribution in [1.29, 1.82) is 10.5 Å². The summed E-state index contributed by atoms with van der Waals surface area (Å²) in [5, 5.41) is 23.3. The standard InChI is InChI=1S/C18H13N5OS2/c1-12-3-2-4-14(7-12)21-16(24)11-26-17-15(8-13(9-19)10-20)23-5-6-25-18(23)22-17/h2-8H,11H2,1H3,(H,21,24). The van der Waals surface area contributed by atoms with Gasteiger partial charge in [-0.25, -0.2) is 4.98 Å². The number of anilines is 1. The molecule has 26 heavy (non-hydrogen) atoms. The van der Waals surface area contributed by atoms with Gasteiger partial charge in [0.2, 0.25) is 5.91 Å². The van der Waals surface area contributed by atoms with E-state index >= 15 is 0 Å². The van der Waals surface area contributed by atoms with E-state index in [4.69, 9.17) is 10.5 Å². The number of fused-ring (bicyclic) bond motifs is 1. The van der Waals surface area contributed by atoms with Gasteiger partial charge in [0.25, 0.3) is 0 Å². The van der Waals surface area contributed by atoms with Gasteiger partial charge in [0.15, 0.2) is 4.96 Å². The van der Waals surface area contributed by atoms with Crippen molar-refractivity contribution in [3.8, 4) is 12.1 Å². The normalized spacial score (nSPS) is 10.1. The Balaban J connectivity index is 1.78. The maximum absolute atomic E-state index is 12.2. The fraction of sp³-hybridized carbons (Fsp3) is 0.111. The average molecular weight is 379 g/mol. The first-order valence-electron chi connectivity index (χ1n) is 7.57. The van der Waals surface area contributed by atoms with Gasteiger partial charge < -0.3 is 5.32 Å². The number of thiazole rings is 1. The molecule has 2 heterocycles. The van der Waals surface area contributed by atoms with Gasteiger partial charge in [0.05, 0.1) is 11.4 Å². The minimum absolute atomic E-state index is 0.0101. The topological polar surface area (TPSA) is 94.0 Å². The minimum Gasteiger partial charge on any atom is -0.325 e. The quantitative estimate of drug-likeness (QED) is 0.536. The minimum atomic E-state index is -0.146. The van der Waals surface area contributed by atoms with E-state index in [-0.39, 0.29) is 17.2 Å². The fourth-order valence-electron chi connectivity index (χ4n) is 2.30. The number of benzene rings is 1. The van der Waals surface area contributed by atoms with Gasteiger partial charge in [-0.2, -0.15) is 10.5 Å². The summed E-state index contributed by atoms with van der Waals surface area (Å²) in [4.78, 5) is 17.4. The third-order valence-corrected chi connectivity index (χ3v) is 5.17. The Bertz CT molecular complexity index is 1070. The second kappa shape index (κ2) is 7.87. The van der Waals surface area contributed by atoms with E-state index in [1.807, 2.05) is 54.9 Å². The van der Waals surface area contributed by atoms with Crippen LogP contribution < -0.4 is 5.32 Å². The van der Waals surface area contributed by atoms with Gasteiger partial charge in [-0.1, -0.05) is 23.9 Å². The summed E-state index contributed by atoms with van der Waals surface area (Å²) < 4.78 is 1.81. The number of aromatic nitrogens is 2. The van der Waals surface area contributed by atoms with Crippen molar-refractivity contribution in [3.05, 3.63) is 52.7 Å². The van der Waals surface area contributed by atoms with E-state index in [9.17, 15) is 4.79 Å². The number of nitrogens with zero attached hydrogens (tertiary/aromatic N) is 4. The Labute approximate surface area is 158 Å². The van der Waals surface area contributed by atoms with E-state index in [0.717, 1.165) is 16.2 Å². The zero-order valence-electron chi connectivity index (χ0n) is 13.8. The number of amides is 1. The number of rotatable bonds is 5. The SMILES string of the molecule is Cc1cccc(NC(=O)CSc2nc3sccn3c2C=C(C#N)C#N)c1. The largest absolute Gasteiger partial charge is 0.325 e. The van der Waals surface area contributed by atoms with Gasteiger partial charge in [0.1, 0.15) is 22.7 Å². The van der Waals surface area contributed by atoms with Crippen LogP contribution in [0.5, 0.6) is 0 Å². The average Bonchev–Trinajstić information content (AvgIpc) is 3.19. The summed E-state index contributed by atoms with van der Waals surface area (Å²) in [5.74, 6) is 0.0290. The molecule has 1 N–H and O–H groups in total. The number of imidazole rings is 1. The van der Waals surface area contributed by atoms with Crippen molar-refractivity contribution >= 4 is 45.7 Å². The van der Waals surface area contributed by atoms with Gasteiger partial charge in [-0.05, 0) is 30.7 Å². The predicted molar refractivity (Wildman–Crippen MR) is 103 cm³/mol. The third kappa shape index (κ3) is 3.94. The van der Waals surface area contributed by atoms with Crippen LogP contribution in [0.4, 0.5) is 5.69 Å². The van der Waals surface area contributed by atoms with Gasteiger partial charge in [0, 0.05) is 17.3 Å². The van der Waals surface area contributed by atoms with Crippen LogP contribution in [-0.4, -0.2) is 21.0 Å². The van der Waals surface area contributed by atoms with Crippen LogP contribution in [-0.2, 0) is 4.79 Å². The summed E-state index contributed by atoms with van der Waals surface area (Å²) >= 11 is 2.72. The molecule has 128 valence electrons.